The SMILES string of the molecule is Cc1ccc(N2CC(=O)NC(C)C2=O)cc1. The van der Waals surface area contributed by atoms with Gasteiger partial charge in [0.05, 0.1) is 0 Å². The molecule has 4 nitrogen and oxygen atoms in total. The fourth-order valence-corrected chi connectivity index (χ4v) is 1.75. The summed E-state index contributed by atoms with van der Waals surface area (Å²) in [6, 6.07) is 7.14. The van der Waals surface area contributed by atoms with Crippen LogP contribution in [-0.4, -0.2) is 24.4 Å². The Morgan fingerprint density at radius 1 is 1.25 bits per heavy atom. The second-order valence-electron chi connectivity index (χ2n) is 4.05. The first-order chi connectivity index (χ1) is 7.58. The summed E-state index contributed by atoms with van der Waals surface area (Å²) >= 11 is 0. The lowest BCUT2D eigenvalue weighted by molar-refractivity contribution is -0.130. The molecule has 1 N–H and O–H groups in total. The Hall–Kier alpha value is -1.84. The highest BCUT2D eigenvalue weighted by atomic mass is 16.2. The summed E-state index contributed by atoms with van der Waals surface area (Å²) in [5, 5.41) is 2.61. The number of nitrogens with zero attached hydrogens (tertiary/aromatic N) is 1. The molecule has 2 amide bonds. The first kappa shape index (κ1) is 10.7. The highest BCUT2D eigenvalue weighted by molar-refractivity contribution is 6.06. The largest absolute Gasteiger partial charge is 0.343 e. The predicted octanol–water partition coefficient (Wildman–Crippen LogP) is 0.846. The second kappa shape index (κ2) is 3.96. The van der Waals surface area contributed by atoms with Crippen molar-refractivity contribution in [1.82, 2.24) is 5.32 Å². The summed E-state index contributed by atoms with van der Waals surface area (Å²) < 4.78 is 0. The lowest BCUT2D eigenvalue weighted by Crippen LogP contribution is -2.57. The van der Waals surface area contributed by atoms with Crippen molar-refractivity contribution in [1.29, 1.82) is 0 Å². The van der Waals surface area contributed by atoms with Gasteiger partial charge in [-0.3, -0.25) is 9.59 Å². The topological polar surface area (TPSA) is 49.4 Å². The Morgan fingerprint density at radius 3 is 2.50 bits per heavy atom. The van der Waals surface area contributed by atoms with Crippen LogP contribution in [0.15, 0.2) is 24.3 Å². The number of hydrogen-bond donors (Lipinski definition) is 1. The molecule has 1 heterocycles. The minimum absolute atomic E-state index is 0.0662. The summed E-state index contributed by atoms with van der Waals surface area (Å²) in [7, 11) is 0. The Balaban J connectivity index is 2.28. The fraction of sp³-hybridized carbons (Fsp3) is 0.333. The number of aryl methyl sites for hydroxylation is 1. The minimum atomic E-state index is -0.442. The number of rotatable bonds is 1. The van der Waals surface area contributed by atoms with Gasteiger partial charge in [-0.1, -0.05) is 17.7 Å². The van der Waals surface area contributed by atoms with E-state index in [1.165, 1.54) is 4.90 Å². The highest BCUT2D eigenvalue weighted by Gasteiger charge is 2.30. The number of nitrogens with one attached hydrogen (secondary N) is 1. The Kier molecular flexibility index (Phi) is 2.64. The Morgan fingerprint density at radius 2 is 1.88 bits per heavy atom. The van der Waals surface area contributed by atoms with Crippen molar-refractivity contribution >= 4 is 17.5 Å². The van der Waals surface area contributed by atoms with Crippen molar-refractivity contribution < 1.29 is 9.59 Å². The van der Waals surface area contributed by atoms with Crippen molar-refractivity contribution in [3.63, 3.8) is 0 Å². The maximum absolute atomic E-state index is 11.9. The molecule has 2 rings (SSSR count). The Labute approximate surface area is 94.2 Å². The lowest BCUT2D eigenvalue weighted by Gasteiger charge is -2.30. The standard InChI is InChI=1S/C12H14N2O2/c1-8-3-5-10(6-4-8)14-7-11(15)13-9(2)12(14)16/h3-6,9H,7H2,1-2H3,(H,13,15). The van der Waals surface area contributed by atoms with Crippen LogP contribution in [0.1, 0.15) is 12.5 Å². The van der Waals surface area contributed by atoms with E-state index in [1.54, 1.807) is 6.92 Å². The van der Waals surface area contributed by atoms with Crippen LogP contribution in [0.3, 0.4) is 0 Å². The van der Waals surface area contributed by atoms with E-state index in [1.807, 2.05) is 31.2 Å². The normalized spacial score (nSPS) is 20.9. The monoisotopic (exact) mass is 218 g/mol. The molecule has 1 saturated heterocycles. The number of amides is 2. The van der Waals surface area contributed by atoms with Gasteiger partial charge >= 0.3 is 0 Å². The van der Waals surface area contributed by atoms with E-state index >= 15 is 0 Å². The van der Waals surface area contributed by atoms with Crippen LogP contribution >= 0.6 is 0 Å². The first-order valence-electron chi connectivity index (χ1n) is 5.25. The zero-order chi connectivity index (χ0) is 11.7. The number of anilines is 1. The maximum Gasteiger partial charge on any atom is 0.249 e. The summed E-state index contributed by atoms with van der Waals surface area (Å²) in [5.74, 6) is -0.184. The number of carbonyl (C=O) groups excluding carboxylic acids is 2. The molecule has 0 aliphatic carbocycles. The third kappa shape index (κ3) is 1.91. The maximum atomic E-state index is 11.9. The lowest BCUT2D eigenvalue weighted by atomic mass is 10.1. The van der Waals surface area contributed by atoms with Crippen LogP contribution in [0.4, 0.5) is 5.69 Å². The van der Waals surface area contributed by atoms with Crippen LogP contribution in [0.5, 0.6) is 0 Å². The van der Waals surface area contributed by atoms with Gasteiger partial charge in [-0.05, 0) is 26.0 Å². The molecular weight excluding hydrogens is 204 g/mol. The molecule has 1 aliphatic rings. The van der Waals surface area contributed by atoms with Gasteiger partial charge in [0.25, 0.3) is 0 Å². The Bertz CT molecular complexity index is 425. The minimum Gasteiger partial charge on any atom is -0.343 e. The van der Waals surface area contributed by atoms with E-state index in [0.29, 0.717) is 0 Å². The average molecular weight is 218 g/mol. The van der Waals surface area contributed by atoms with Crippen molar-refractivity contribution in [2.45, 2.75) is 19.9 Å². The van der Waals surface area contributed by atoms with Gasteiger partial charge in [-0.15, -0.1) is 0 Å². The smallest absolute Gasteiger partial charge is 0.249 e. The number of hydrogen-bond acceptors (Lipinski definition) is 2. The second-order valence-corrected chi connectivity index (χ2v) is 4.05. The molecule has 1 aromatic carbocycles. The number of carbonyl (C=O) groups is 2. The zero-order valence-corrected chi connectivity index (χ0v) is 9.36. The molecule has 4 heteroatoms. The van der Waals surface area contributed by atoms with Crippen LogP contribution in [-0.2, 0) is 9.59 Å². The van der Waals surface area contributed by atoms with Crippen molar-refractivity contribution in [3.8, 4) is 0 Å². The van der Waals surface area contributed by atoms with Crippen molar-refractivity contribution in [3.05, 3.63) is 29.8 Å². The quantitative estimate of drug-likeness (QED) is 0.759. The molecule has 0 aromatic heterocycles. The van der Waals surface area contributed by atoms with Gasteiger partial charge in [0, 0.05) is 5.69 Å². The van der Waals surface area contributed by atoms with E-state index in [9.17, 15) is 9.59 Å². The third-order valence-corrected chi connectivity index (χ3v) is 2.66. The fourth-order valence-electron chi connectivity index (χ4n) is 1.75. The van der Waals surface area contributed by atoms with Crippen molar-refractivity contribution in [2.75, 3.05) is 11.4 Å². The van der Waals surface area contributed by atoms with Gasteiger partial charge in [0.2, 0.25) is 11.8 Å². The molecule has 84 valence electrons. The van der Waals surface area contributed by atoms with E-state index in [4.69, 9.17) is 0 Å². The predicted molar refractivity (Wildman–Crippen MR) is 61.1 cm³/mol. The van der Waals surface area contributed by atoms with Gasteiger partial charge in [0.1, 0.15) is 12.6 Å². The van der Waals surface area contributed by atoms with Crippen molar-refractivity contribution in [2.24, 2.45) is 0 Å². The third-order valence-electron chi connectivity index (χ3n) is 2.66. The first-order valence-corrected chi connectivity index (χ1v) is 5.25. The summed E-state index contributed by atoms with van der Waals surface area (Å²) in [6.45, 7) is 3.78. The van der Waals surface area contributed by atoms with Crippen LogP contribution in [0, 0.1) is 6.92 Å². The van der Waals surface area contributed by atoms with E-state index in [2.05, 4.69) is 5.32 Å². The van der Waals surface area contributed by atoms with Crippen LogP contribution < -0.4 is 10.2 Å². The molecule has 1 aromatic rings. The summed E-state index contributed by atoms with van der Waals surface area (Å²) in [4.78, 5) is 24.7. The molecule has 1 unspecified atom stereocenters. The van der Waals surface area contributed by atoms with Gasteiger partial charge in [0.15, 0.2) is 0 Å². The van der Waals surface area contributed by atoms with Crippen LogP contribution in [0.25, 0.3) is 0 Å². The summed E-state index contributed by atoms with van der Waals surface area (Å²) in [6.07, 6.45) is 0. The van der Waals surface area contributed by atoms with Crippen LogP contribution in [0.2, 0.25) is 0 Å². The molecule has 1 atom stereocenters. The average Bonchev–Trinajstić information content (AvgIpc) is 2.25. The number of piperazine rings is 1. The molecule has 0 spiro atoms. The molecule has 0 radical (unpaired) electrons. The molecule has 0 saturated carbocycles. The molecule has 1 aliphatic heterocycles. The van der Waals surface area contributed by atoms with Gasteiger partial charge in [-0.2, -0.15) is 0 Å². The zero-order valence-electron chi connectivity index (χ0n) is 9.36. The van der Waals surface area contributed by atoms with E-state index in [0.717, 1.165) is 11.3 Å². The van der Waals surface area contributed by atoms with Gasteiger partial charge in [-0.25, -0.2) is 0 Å². The molecule has 16 heavy (non-hydrogen) atoms. The van der Waals surface area contributed by atoms with E-state index in [-0.39, 0.29) is 18.4 Å². The number of benzene rings is 1. The van der Waals surface area contributed by atoms with Gasteiger partial charge < -0.3 is 10.2 Å². The summed E-state index contributed by atoms with van der Waals surface area (Å²) in [5.41, 5.74) is 1.91. The highest BCUT2D eigenvalue weighted by Crippen LogP contribution is 2.17. The molecule has 1 fully saturated rings. The van der Waals surface area contributed by atoms with E-state index < -0.39 is 6.04 Å². The molecular formula is C12H14N2O2. The molecule has 0 bridgehead atoms.